The van der Waals surface area contributed by atoms with Crippen molar-refractivity contribution in [3.8, 4) is 5.75 Å². The molecule has 0 N–H and O–H groups in total. The molecule has 0 atom stereocenters. The van der Waals surface area contributed by atoms with Gasteiger partial charge in [0.1, 0.15) is 5.75 Å². The summed E-state index contributed by atoms with van der Waals surface area (Å²) in [6.45, 7) is 4.28. The van der Waals surface area contributed by atoms with Crippen LogP contribution in [0.4, 0.5) is 0 Å². The fraction of sp³-hybridized carbons (Fsp3) is 0.333. The second-order valence-corrected chi connectivity index (χ2v) is 4.63. The molecular formula is C12H14BrNO. The van der Waals surface area contributed by atoms with E-state index in [1.54, 1.807) is 7.11 Å². The third kappa shape index (κ3) is 1.46. The van der Waals surface area contributed by atoms with E-state index >= 15 is 0 Å². The minimum atomic E-state index is 0.885. The molecule has 0 amide bonds. The number of nitrogens with zero attached hydrogens (tertiary/aromatic N) is 1. The molecule has 0 spiro atoms. The summed E-state index contributed by atoms with van der Waals surface area (Å²) in [5.74, 6) is 0.885. The zero-order valence-electron chi connectivity index (χ0n) is 9.39. The Labute approximate surface area is 98.0 Å². The van der Waals surface area contributed by atoms with Gasteiger partial charge in [0.05, 0.1) is 11.6 Å². The number of benzene rings is 1. The summed E-state index contributed by atoms with van der Waals surface area (Å²) in [4.78, 5) is 0. The molecule has 0 radical (unpaired) electrons. The maximum atomic E-state index is 5.30. The minimum Gasteiger partial charge on any atom is -0.496 e. The standard InChI is InChI=1S/C12H14BrNO/c1-7-8(2)14(3)11-6-10(13)12(15-4)5-9(7)11/h5-6H,1-4H3. The van der Waals surface area contributed by atoms with E-state index < -0.39 is 0 Å². The smallest absolute Gasteiger partial charge is 0.133 e. The van der Waals surface area contributed by atoms with Gasteiger partial charge in [0.25, 0.3) is 0 Å². The van der Waals surface area contributed by atoms with Gasteiger partial charge in [-0.3, -0.25) is 0 Å². The third-order valence-electron chi connectivity index (χ3n) is 3.08. The van der Waals surface area contributed by atoms with Crippen LogP contribution in [-0.4, -0.2) is 11.7 Å². The number of halogens is 1. The second-order valence-electron chi connectivity index (χ2n) is 3.77. The summed E-state index contributed by atoms with van der Waals surface area (Å²) < 4.78 is 8.50. The number of methoxy groups -OCH3 is 1. The van der Waals surface area contributed by atoms with Crippen LogP contribution < -0.4 is 4.74 Å². The molecule has 15 heavy (non-hydrogen) atoms. The molecule has 80 valence electrons. The zero-order chi connectivity index (χ0) is 11.2. The van der Waals surface area contributed by atoms with Crippen molar-refractivity contribution >= 4 is 26.8 Å². The van der Waals surface area contributed by atoms with Crippen LogP contribution in [0.5, 0.6) is 5.75 Å². The van der Waals surface area contributed by atoms with Gasteiger partial charge in [-0.15, -0.1) is 0 Å². The first-order chi connectivity index (χ1) is 7.06. The summed E-state index contributed by atoms with van der Waals surface area (Å²) in [7, 11) is 3.78. The molecule has 0 aliphatic heterocycles. The topological polar surface area (TPSA) is 14.2 Å². The molecule has 2 nitrogen and oxygen atoms in total. The van der Waals surface area contributed by atoms with Gasteiger partial charge < -0.3 is 9.30 Å². The van der Waals surface area contributed by atoms with E-state index in [1.165, 1.54) is 22.2 Å². The van der Waals surface area contributed by atoms with Crippen molar-refractivity contribution in [1.82, 2.24) is 4.57 Å². The van der Waals surface area contributed by atoms with Crippen molar-refractivity contribution < 1.29 is 4.74 Å². The number of hydrogen-bond donors (Lipinski definition) is 0. The third-order valence-corrected chi connectivity index (χ3v) is 3.70. The molecule has 0 fully saturated rings. The van der Waals surface area contributed by atoms with Gasteiger partial charge >= 0.3 is 0 Å². The maximum Gasteiger partial charge on any atom is 0.133 e. The summed E-state index contributed by atoms with van der Waals surface area (Å²) in [5.41, 5.74) is 3.85. The van der Waals surface area contributed by atoms with Crippen molar-refractivity contribution in [2.45, 2.75) is 13.8 Å². The van der Waals surface area contributed by atoms with Gasteiger partial charge in [0.2, 0.25) is 0 Å². The number of aromatic nitrogens is 1. The lowest BCUT2D eigenvalue weighted by atomic mass is 10.1. The number of ether oxygens (including phenoxy) is 1. The highest BCUT2D eigenvalue weighted by atomic mass is 79.9. The van der Waals surface area contributed by atoms with Crippen LogP contribution in [0.25, 0.3) is 10.9 Å². The number of aryl methyl sites for hydroxylation is 2. The maximum absolute atomic E-state index is 5.30. The predicted molar refractivity (Wildman–Crippen MR) is 66.6 cm³/mol. The molecule has 0 unspecified atom stereocenters. The Morgan fingerprint density at radius 1 is 1.27 bits per heavy atom. The predicted octanol–water partition coefficient (Wildman–Crippen LogP) is 3.57. The Hall–Kier alpha value is -0.960. The molecule has 0 saturated carbocycles. The van der Waals surface area contributed by atoms with E-state index in [2.05, 4.69) is 53.5 Å². The van der Waals surface area contributed by atoms with Crippen molar-refractivity contribution in [1.29, 1.82) is 0 Å². The van der Waals surface area contributed by atoms with Crippen LogP contribution in [-0.2, 0) is 7.05 Å². The van der Waals surface area contributed by atoms with Crippen LogP contribution in [0.15, 0.2) is 16.6 Å². The van der Waals surface area contributed by atoms with Gasteiger partial charge in [0.15, 0.2) is 0 Å². The highest BCUT2D eigenvalue weighted by Gasteiger charge is 2.11. The zero-order valence-corrected chi connectivity index (χ0v) is 11.0. The van der Waals surface area contributed by atoms with E-state index in [0.29, 0.717) is 0 Å². The Morgan fingerprint density at radius 3 is 2.53 bits per heavy atom. The largest absolute Gasteiger partial charge is 0.496 e. The van der Waals surface area contributed by atoms with E-state index in [4.69, 9.17) is 4.74 Å². The van der Waals surface area contributed by atoms with Crippen molar-refractivity contribution in [2.24, 2.45) is 7.05 Å². The van der Waals surface area contributed by atoms with E-state index in [9.17, 15) is 0 Å². The Kier molecular flexibility index (Phi) is 2.51. The lowest BCUT2D eigenvalue weighted by molar-refractivity contribution is 0.413. The molecule has 0 saturated heterocycles. The summed E-state index contributed by atoms with van der Waals surface area (Å²) in [6.07, 6.45) is 0. The molecule has 0 bridgehead atoms. The minimum absolute atomic E-state index is 0.885. The fourth-order valence-corrected chi connectivity index (χ4v) is 2.40. The average molecular weight is 268 g/mol. The van der Waals surface area contributed by atoms with Crippen LogP contribution in [0, 0.1) is 13.8 Å². The molecule has 2 rings (SSSR count). The van der Waals surface area contributed by atoms with E-state index in [1.807, 2.05) is 0 Å². The quantitative estimate of drug-likeness (QED) is 0.771. The Bertz CT molecular complexity index is 528. The van der Waals surface area contributed by atoms with Crippen molar-refractivity contribution in [3.05, 3.63) is 27.9 Å². The molecule has 1 heterocycles. The highest BCUT2D eigenvalue weighted by Crippen LogP contribution is 2.33. The highest BCUT2D eigenvalue weighted by molar-refractivity contribution is 9.10. The number of rotatable bonds is 1. The fourth-order valence-electron chi connectivity index (χ4n) is 1.90. The first kappa shape index (κ1) is 10.6. The van der Waals surface area contributed by atoms with E-state index in [0.717, 1.165) is 10.2 Å². The molecule has 2 aromatic rings. The van der Waals surface area contributed by atoms with Gasteiger partial charge in [-0.1, -0.05) is 0 Å². The SMILES string of the molecule is COc1cc2c(C)c(C)n(C)c2cc1Br. The number of hydrogen-bond acceptors (Lipinski definition) is 1. The molecule has 1 aromatic heterocycles. The first-order valence-electron chi connectivity index (χ1n) is 4.85. The molecule has 0 aliphatic carbocycles. The van der Waals surface area contributed by atoms with Crippen LogP contribution in [0.2, 0.25) is 0 Å². The van der Waals surface area contributed by atoms with Gasteiger partial charge in [0, 0.05) is 23.6 Å². The Morgan fingerprint density at radius 2 is 1.93 bits per heavy atom. The normalized spacial score (nSPS) is 11.0. The van der Waals surface area contributed by atoms with Gasteiger partial charge in [-0.05, 0) is 47.5 Å². The second kappa shape index (κ2) is 3.56. The summed E-state index contributed by atoms with van der Waals surface area (Å²) in [5, 5.41) is 1.26. The number of fused-ring (bicyclic) bond motifs is 1. The monoisotopic (exact) mass is 267 g/mol. The lowest BCUT2D eigenvalue weighted by Gasteiger charge is -2.04. The van der Waals surface area contributed by atoms with Gasteiger partial charge in [-0.25, -0.2) is 0 Å². The summed E-state index contributed by atoms with van der Waals surface area (Å²) >= 11 is 3.51. The molecule has 1 aromatic carbocycles. The van der Waals surface area contributed by atoms with Crippen molar-refractivity contribution in [2.75, 3.05) is 7.11 Å². The summed E-state index contributed by atoms with van der Waals surface area (Å²) in [6, 6.07) is 4.19. The lowest BCUT2D eigenvalue weighted by Crippen LogP contribution is -1.90. The van der Waals surface area contributed by atoms with Crippen molar-refractivity contribution in [3.63, 3.8) is 0 Å². The first-order valence-corrected chi connectivity index (χ1v) is 5.64. The van der Waals surface area contributed by atoms with Crippen LogP contribution in [0.3, 0.4) is 0 Å². The van der Waals surface area contributed by atoms with Gasteiger partial charge in [-0.2, -0.15) is 0 Å². The van der Waals surface area contributed by atoms with E-state index in [-0.39, 0.29) is 0 Å². The molecule has 0 aliphatic rings. The Balaban J connectivity index is 2.88. The van der Waals surface area contributed by atoms with Crippen LogP contribution >= 0.6 is 15.9 Å². The molecular weight excluding hydrogens is 254 g/mol. The van der Waals surface area contributed by atoms with Crippen LogP contribution in [0.1, 0.15) is 11.3 Å². The molecule has 3 heteroatoms. The average Bonchev–Trinajstić information content (AvgIpc) is 2.43.